The number of hydrogen-bond donors (Lipinski definition) is 1. The smallest absolute Gasteiger partial charge is 0.323 e. The van der Waals surface area contributed by atoms with Crippen molar-refractivity contribution in [2.75, 3.05) is 0 Å². The molecular weight excluding hydrogens is 388 g/mol. The monoisotopic (exact) mass is 414 g/mol. The molecule has 0 saturated carbocycles. The number of pyridine rings is 1. The van der Waals surface area contributed by atoms with Crippen LogP contribution in [0.1, 0.15) is 49.1 Å². The van der Waals surface area contributed by atoms with Crippen molar-refractivity contribution in [3.63, 3.8) is 0 Å². The molecule has 2 aromatic carbocycles. The molecule has 5 nitrogen and oxygen atoms in total. The lowest BCUT2D eigenvalue weighted by molar-refractivity contribution is -0.137. The maximum atomic E-state index is 11.6. The molecule has 1 aliphatic rings. The molecule has 0 saturated heterocycles. The van der Waals surface area contributed by atoms with Crippen LogP contribution >= 0.6 is 0 Å². The molecule has 0 radical (unpaired) electrons. The molecule has 4 aromatic rings. The Balaban J connectivity index is 1.48. The lowest BCUT2D eigenvalue weighted by Crippen LogP contribution is -2.17. The van der Waals surface area contributed by atoms with E-state index in [2.05, 4.69) is 30.1 Å². The van der Waals surface area contributed by atoms with Crippen molar-refractivity contribution in [3.05, 3.63) is 71.5 Å². The molecule has 0 bridgehead atoms. The molecule has 5 rings (SSSR count). The summed E-state index contributed by atoms with van der Waals surface area (Å²) in [4.78, 5) is 16.2. The van der Waals surface area contributed by atoms with Crippen molar-refractivity contribution >= 4 is 27.8 Å². The molecule has 0 spiro atoms. The van der Waals surface area contributed by atoms with Crippen LogP contribution in [-0.2, 0) is 24.4 Å². The van der Waals surface area contributed by atoms with Gasteiger partial charge < -0.3 is 14.4 Å². The van der Waals surface area contributed by atoms with Crippen molar-refractivity contribution in [2.24, 2.45) is 0 Å². The number of carboxylic acids is 1. The van der Waals surface area contributed by atoms with Crippen molar-refractivity contribution < 1.29 is 14.6 Å². The quantitative estimate of drug-likeness (QED) is 0.441. The predicted octanol–water partition coefficient (Wildman–Crippen LogP) is 5.68. The zero-order valence-corrected chi connectivity index (χ0v) is 17.7. The topological polar surface area (TPSA) is 64.4 Å². The molecule has 158 valence electrons. The van der Waals surface area contributed by atoms with E-state index in [9.17, 15) is 9.90 Å². The second-order valence-corrected chi connectivity index (χ2v) is 8.30. The molecule has 1 N–H and O–H groups in total. The van der Waals surface area contributed by atoms with E-state index in [0.717, 1.165) is 58.9 Å². The summed E-state index contributed by atoms with van der Waals surface area (Å²) in [5.74, 6) is 0.404. The number of aryl methyl sites for hydroxylation is 1. The van der Waals surface area contributed by atoms with Gasteiger partial charge >= 0.3 is 5.97 Å². The first-order valence-electron chi connectivity index (χ1n) is 11.0. The Bertz CT molecular complexity index is 1270. The number of hydrogen-bond acceptors (Lipinski definition) is 3. The minimum atomic E-state index is -0.803. The summed E-state index contributed by atoms with van der Waals surface area (Å²) in [5.41, 5.74) is 5.34. The largest absolute Gasteiger partial charge is 0.487 e. The van der Waals surface area contributed by atoms with Gasteiger partial charge in [0, 0.05) is 22.0 Å². The molecule has 0 amide bonds. The third-order valence-corrected chi connectivity index (χ3v) is 6.38. The number of ether oxygens (including phenoxy) is 1. The van der Waals surface area contributed by atoms with Crippen molar-refractivity contribution in [1.82, 2.24) is 9.55 Å². The van der Waals surface area contributed by atoms with Crippen molar-refractivity contribution in [3.8, 4) is 5.75 Å². The minimum absolute atomic E-state index is 0.00352. The van der Waals surface area contributed by atoms with E-state index in [1.165, 1.54) is 11.3 Å². The van der Waals surface area contributed by atoms with Gasteiger partial charge in [-0.05, 0) is 67.5 Å². The summed E-state index contributed by atoms with van der Waals surface area (Å²) in [6.07, 6.45) is 4.28. The summed E-state index contributed by atoms with van der Waals surface area (Å²) >= 11 is 0. The van der Waals surface area contributed by atoms with E-state index in [-0.39, 0.29) is 6.54 Å². The van der Waals surface area contributed by atoms with E-state index >= 15 is 0 Å². The average Bonchev–Trinajstić information content (AvgIpc) is 3.10. The molecule has 2 aromatic heterocycles. The highest BCUT2D eigenvalue weighted by Gasteiger charge is 2.27. The van der Waals surface area contributed by atoms with E-state index in [0.29, 0.717) is 12.5 Å². The van der Waals surface area contributed by atoms with Crippen LogP contribution in [0.15, 0.2) is 54.6 Å². The lowest BCUT2D eigenvalue weighted by Gasteiger charge is -2.24. The van der Waals surface area contributed by atoms with Crippen LogP contribution in [0, 0.1) is 0 Å². The van der Waals surface area contributed by atoms with Crippen LogP contribution in [0.2, 0.25) is 0 Å². The fourth-order valence-electron chi connectivity index (χ4n) is 4.95. The van der Waals surface area contributed by atoms with Crippen LogP contribution in [0.4, 0.5) is 0 Å². The average molecular weight is 415 g/mol. The van der Waals surface area contributed by atoms with Crippen molar-refractivity contribution in [1.29, 1.82) is 0 Å². The highest BCUT2D eigenvalue weighted by Crippen LogP contribution is 2.41. The standard InChI is InChI=1S/C26H26N2O3/c1-2-17-7-5-8-21-22-14-20(12-13-24(22)28(26(17)21)15-25(29)30)31-16-19-11-10-18-6-3-4-9-23(18)27-19/h3-4,6,9-14,17H,2,5,7-8,15-16H2,1H3,(H,29,30). The highest BCUT2D eigenvalue weighted by molar-refractivity contribution is 5.88. The summed E-state index contributed by atoms with van der Waals surface area (Å²) in [6, 6.07) is 18.1. The number of aliphatic carboxylic acids is 1. The van der Waals surface area contributed by atoms with Gasteiger partial charge in [0.1, 0.15) is 18.9 Å². The maximum absolute atomic E-state index is 11.6. The van der Waals surface area contributed by atoms with Gasteiger partial charge in [-0.3, -0.25) is 4.79 Å². The molecule has 31 heavy (non-hydrogen) atoms. The number of aromatic nitrogens is 2. The fourth-order valence-corrected chi connectivity index (χ4v) is 4.95. The molecule has 5 heteroatoms. The van der Waals surface area contributed by atoms with Crippen LogP contribution in [0.3, 0.4) is 0 Å². The first kappa shape index (κ1) is 19.6. The van der Waals surface area contributed by atoms with Gasteiger partial charge in [0.15, 0.2) is 0 Å². The van der Waals surface area contributed by atoms with Gasteiger partial charge in [0.25, 0.3) is 0 Å². The Labute approximate surface area is 181 Å². The summed E-state index contributed by atoms with van der Waals surface area (Å²) < 4.78 is 8.10. The summed E-state index contributed by atoms with van der Waals surface area (Å²) in [6.45, 7) is 2.59. The van der Waals surface area contributed by atoms with E-state index < -0.39 is 5.97 Å². The Morgan fingerprint density at radius 3 is 2.90 bits per heavy atom. The molecule has 1 atom stereocenters. The molecular formula is C26H26N2O3. The second kappa shape index (κ2) is 8.06. The van der Waals surface area contributed by atoms with Gasteiger partial charge in [-0.25, -0.2) is 4.98 Å². The normalized spacial score (nSPS) is 15.8. The van der Waals surface area contributed by atoms with Crippen LogP contribution in [0.25, 0.3) is 21.8 Å². The highest BCUT2D eigenvalue weighted by atomic mass is 16.5. The number of rotatable bonds is 6. The third-order valence-electron chi connectivity index (χ3n) is 6.38. The maximum Gasteiger partial charge on any atom is 0.323 e. The SMILES string of the molecule is CCC1CCCc2c1n(CC(=O)O)c1ccc(OCc3ccc4ccccc4n3)cc21. The second-order valence-electron chi connectivity index (χ2n) is 8.30. The lowest BCUT2D eigenvalue weighted by atomic mass is 9.85. The zero-order chi connectivity index (χ0) is 21.4. The summed E-state index contributed by atoms with van der Waals surface area (Å²) in [7, 11) is 0. The van der Waals surface area contributed by atoms with E-state index in [4.69, 9.17) is 4.74 Å². The Morgan fingerprint density at radius 2 is 2.06 bits per heavy atom. The van der Waals surface area contributed by atoms with Gasteiger partial charge in [0.05, 0.1) is 11.2 Å². The number of benzene rings is 2. The Kier molecular flexibility index (Phi) is 5.10. The van der Waals surface area contributed by atoms with Crippen LogP contribution in [-0.4, -0.2) is 20.6 Å². The molecule has 2 heterocycles. The van der Waals surface area contributed by atoms with E-state index in [1.54, 1.807) is 0 Å². The first-order valence-corrected chi connectivity index (χ1v) is 11.0. The van der Waals surface area contributed by atoms with Crippen LogP contribution < -0.4 is 4.74 Å². The van der Waals surface area contributed by atoms with Gasteiger partial charge in [-0.1, -0.05) is 31.2 Å². The third kappa shape index (κ3) is 3.65. The van der Waals surface area contributed by atoms with Gasteiger partial charge in [-0.2, -0.15) is 0 Å². The number of para-hydroxylation sites is 1. The molecule has 0 aliphatic heterocycles. The zero-order valence-electron chi connectivity index (χ0n) is 17.7. The first-order chi connectivity index (χ1) is 15.1. The number of carbonyl (C=O) groups is 1. The van der Waals surface area contributed by atoms with Crippen molar-refractivity contribution in [2.45, 2.75) is 51.7 Å². The van der Waals surface area contributed by atoms with Gasteiger partial charge in [0.2, 0.25) is 0 Å². The molecule has 1 unspecified atom stereocenters. The molecule has 0 fully saturated rings. The Morgan fingerprint density at radius 1 is 1.19 bits per heavy atom. The Hall–Kier alpha value is -3.34. The number of fused-ring (bicyclic) bond motifs is 4. The molecule has 1 aliphatic carbocycles. The van der Waals surface area contributed by atoms with E-state index in [1.807, 2.05) is 41.0 Å². The predicted molar refractivity (Wildman–Crippen MR) is 122 cm³/mol. The number of carboxylic acid groups (broad SMARTS) is 1. The fraction of sp³-hybridized carbons (Fsp3) is 0.308. The minimum Gasteiger partial charge on any atom is -0.487 e. The number of nitrogens with zero attached hydrogens (tertiary/aromatic N) is 2. The van der Waals surface area contributed by atoms with Crippen LogP contribution in [0.5, 0.6) is 5.75 Å². The van der Waals surface area contributed by atoms with Gasteiger partial charge in [-0.15, -0.1) is 0 Å². The summed E-state index contributed by atoms with van der Waals surface area (Å²) in [5, 5.41) is 11.7.